The number of hydrogen-bond donors (Lipinski definition) is 9. The van der Waals surface area contributed by atoms with Crippen LogP contribution in [0.15, 0.2) is 0 Å². The van der Waals surface area contributed by atoms with Crippen molar-refractivity contribution in [3.63, 3.8) is 0 Å². The number of carboxylic acids is 3. The van der Waals surface area contributed by atoms with E-state index in [9.17, 15) is 14.4 Å². The molecule has 0 rings (SSSR count). The summed E-state index contributed by atoms with van der Waals surface area (Å²) in [5, 5.41) is 73.6. The van der Waals surface area contributed by atoms with E-state index in [1.807, 2.05) is 0 Å². The van der Waals surface area contributed by atoms with Crippen LogP contribution in [0, 0.1) is 0 Å². The summed E-state index contributed by atoms with van der Waals surface area (Å²) < 4.78 is 0. The molecule has 0 aromatic heterocycles. The Labute approximate surface area is 444 Å². The van der Waals surface area contributed by atoms with Gasteiger partial charge in [-0.3, -0.25) is 14.4 Å². The first kappa shape index (κ1) is 79.0. The van der Waals surface area contributed by atoms with Crippen LogP contribution in [-0.4, -0.2) is 103 Å². The molecule has 72 heavy (non-hydrogen) atoms. The van der Waals surface area contributed by atoms with Gasteiger partial charge in [-0.1, -0.05) is 290 Å². The summed E-state index contributed by atoms with van der Waals surface area (Å²) in [6.45, 7) is 5.35. The zero-order valence-electron chi connectivity index (χ0n) is 47.7. The molecule has 0 aliphatic carbocycles. The van der Waals surface area contributed by atoms with Gasteiger partial charge < -0.3 is 46.0 Å². The second-order valence-corrected chi connectivity index (χ2v) is 20.3. The Morgan fingerprint density at radius 2 is 0.347 bits per heavy atom. The van der Waals surface area contributed by atoms with Crippen molar-refractivity contribution in [1.82, 2.24) is 0 Å². The van der Waals surface area contributed by atoms with Crippen molar-refractivity contribution in [2.45, 2.75) is 341 Å². The Balaban J connectivity index is -0.000000279. The lowest BCUT2D eigenvalue weighted by Crippen LogP contribution is -2.15. The fourth-order valence-electron chi connectivity index (χ4n) is 8.06. The van der Waals surface area contributed by atoms with Gasteiger partial charge in [0.05, 0.1) is 26.4 Å². The number of hydrogen-bond acceptors (Lipinski definition) is 9. The molecular formula is C60H124O12. The maximum absolute atomic E-state index is 10.3. The van der Waals surface area contributed by atoms with Gasteiger partial charge in [-0.15, -0.1) is 0 Å². The van der Waals surface area contributed by atoms with Crippen molar-refractivity contribution in [2.24, 2.45) is 0 Å². The molecule has 436 valence electrons. The number of aliphatic carboxylic acids is 3. The van der Waals surface area contributed by atoms with Crippen molar-refractivity contribution in [3.05, 3.63) is 0 Å². The van der Waals surface area contributed by atoms with Crippen LogP contribution in [0.25, 0.3) is 0 Å². The maximum Gasteiger partial charge on any atom is 0.303 e. The lowest BCUT2D eigenvalue weighted by molar-refractivity contribution is -0.138. The number of unbranched alkanes of at least 4 members (excludes halogenated alkanes) is 42. The number of rotatable bonds is 52. The fraction of sp³-hybridized carbons (Fsp3) is 0.950. The van der Waals surface area contributed by atoms with Crippen molar-refractivity contribution in [2.75, 3.05) is 26.4 Å². The average Bonchev–Trinajstić information content (AvgIpc) is 3.37. The molecule has 9 N–H and O–H groups in total. The third-order valence-electron chi connectivity index (χ3n) is 12.8. The first-order chi connectivity index (χ1) is 34.9. The second-order valence-electron chi connectivity index (χ2n) is 20.3. The van der Waals surface area contributed by atoms with E-state index < -0.39 is 30.1 Å². The Hall–Kier alpha value is -1.83. The number of carbonyl (C=O) groups is 3. The second kappa shape index (κ2) is 75.7. The molecular weight excluding hydrogens is 913 g/mol. The largest absolute Gasteiger partial charge is 0.481 e. The molecule has 12 heteroatoms. The van der Waals surface area contributed by atoms with Gasteiger partial charge >= 0.3 is 17.9 Å². The topological polar surface area (TPSA) is 233 Å². The molecule has 0 bridgehead atoms. The molecule has 0 spiro atoms. The quantitative estimate of drug-likeness (QED) is 0.0259. The molecule has 12 nitrogen and oxygen atoms in total. The van der Waals surface area contributed by atoms with Crippen LogP contribution in [-0.2, 0) is 14.4 Å². The molecule has 0 atom stereocenters. The lowest BCUT2D eigenvalue weighted by atomic mass is 10.0. The summed E-state index contributed by atoms with van der Waals surface area (Å²) in [7, 11) is 0. The number of aliphatic hydroxyl groups excluding tert-OH is 6. The van der Waals surface area contributed by atoms with Crippen molar-refractivity contribution in [3.8, 4) is 0 Å². The third-order valence-corrected chi connectivity index (χ3v) is 12.8. The van der Waals surface area contributed by atoms with E-state index in [1.165, 1.54) is 250 Å². The van der Waals surface area contributed by atoms with Gasteiger partial charge in [-0.25, -0.2) is 0 Å². The zero-order valence-corrected chi connectivity index (χ0v) is 47.7. The van der Waals surface area contributed by atoms with E-state index in [4.69, 9.17) is 46.0 Å². The number of carboxylic acid groups (broad SMARTS) is 3. The first-order valence-corrected chi connectivity index (χ1v) is 30.4. The summed E-state index contributed by atoms with van der Waals surface area (Å²) in [5.74, 6) is -1.96. The Morgan fingerprint density at radius 1 is 0.236 bits per heavy atom. The number of aliphatic hydroxyl groups is 6. The maximum atomic E-state index is 10.3. The van der Waals surface area contributed by atoms with Crippen molar-refractivity contribution in [1.29, 1.82) is 0 Å². The molecule has 0 fully saturated rings. The fourth-order valence-corrected chi connectivity index (χ4v) is 8.06. The van der Waals surface area contributed by atoms with E-state index in [0.717, 1.165) is 38.5 Å². The van der Waals surface area contributed by atoms with Crippen LogP contribution < -0.4 is 0 Å². The summed E-state index contributed by atoms with van der Waals surface area (Å²) in [6, 6.07) is 0. The van der Waals surface area contributed by atoms with Gasteiger partial charge in [0.25, 0.3) is 0 Å². The van der Waals surface area contributed by atoms with Crippen LogP contribution in [0.5, 0.6) is 0 Å². The predicted molar refractivity (Wildman–Crippen MR) is 302 cm³/mol. The van der Waals surface area contributed by atoms with E-state index in [-0.39, 0.29) is 26.4 Å². The van der Waals surface area contributed by atoms with E-state index >= 15 is 0 Å². The van der Waals surface area contributed by atoms with E-state index in [0.29, 0.717) is 19.3 Å². The summed E-state index contributed by atoms with van der Waals surface area (Å²) in [5.41, 5.74) is 0. The highest BCUT2D eigenvalue weighted by molar-refractivity contribution is 5.67. The minimum Gasteiger partial charge on any atom is -0.481 e. The van der Waals surface area contributed by atoms with Crippen LogP contribution in [0.1, 0.15) is 329 Å². The highest BCUT2D eigenvalue weighted by Gasteiger charge is 2.01. The monoisotopic (exact) mass is 1040 g/mol. The SMILES string of the molecule is CCCCCCCCCCCCCCCCCC(=O)O.CCCCCCCCCCCCCCCCCC(=O)O.CCCCCCCCCCCCCCCCCC(=O)O.OCC(O)CO.OCC(O)CO. The summed E-state index contributed by atoms with van der Waals surface area (Å²) >= 11 is 0. The predicted octanol–water partition coefficient (Wildman–Crippen LogP) is 15.7. The Bertz CT molecular complexity index is 862. The van der Waals surface area contributed by atoms with Crippen LogP contribution in [0.4, 0.5) is 0 Å². The van der Waals surface area contributed by atoms with Crippen LogP contribution in [0.3, 0.4) is 0 Å². The molecule has 0 heterocycles. The van der Waals surface area contributed by atoms with E-state index in [2.05, 4.69) is 20.8 Å². The smallest absolute Gasteiger partial charge is 0.303 e. The highest BCUT2D eigenvalue weighted by Crippen LogP contribution is 2.16. The minimum absolute atomic E-state index is 0.345. The lowest BCUT2D eigenvalue weighted by Gasteiger charge is -2.03. The minimum atomic E-state index is -0.954. The summed E-state index contributed by atoms with van der Waals surface area (Å²) in [6.07, 6.45) is 58.7. The van der Waals surface area contributed by atoms with Gasteiger partial charge in [-0.05, 0) is 19.3 Å². The van der Waals surface area contributed by atoms with Gasteiger partial charge in [0, 0.05) is 19.3 Å². The molecule has 0 radical (unpaired) electrons. The molecule has 0 saturated heterocycles. The molecule has 0 amide bonds. The normalized spacial score (nSPS) is 10.7. The third kappa shape index (κ3) is 94.1. The zero-order chi connectivity index (χ0) is 54.7. The molecule has 0 aliphatic heterocycles. The molecule has 0 saturated carbocycles. The average molecular weight is 1040 g/mol. The van der Waals surface area contributed by atoms with Gasteiger partial charge in [0.15, 0.2) is 0 Å². The standard InChI is InChI=1S/3C18H36O2.2C3H8O3/c3*1-2-3-4-5-6-7-8-9-10-11-12-13-14-15-16-17-18(19)20;2*4-1-3(6)2-5/h3*2-17H2,1H3,(H,19,20);2*3-6H,1-2H2. The van der Waals surface area contributed by atoms with Crippen LogP contribution in [0.2, 0.25) is 0 Å². The van der Waals surface area contributed by atoms with Crippen molar-refractivity contribution >= 4 is 17.9 Å². The molecule has 0 aromatic carbocycles. The van der Waals surface area contributed by atoms with E-state index in [1.54, 1.807) is 0 Å². The van der Waals surface area contributed by atoms with Gasteiger partial charge in [0.2, 0.25) is 0 Å². The van der Waals surface area contributed by atoms with Crippen molar-refractivity contribution < 1.29 is 60.3 Å². The van der Waals surface area contributed by atoms with Gasteiger partial charge in [0.1, 0.15) is 12.2 Å². The Morgan fingerprint density at radius 3 is 0.431 bits per heavy atom. The Kier molecular flexibility index (Phi) is 83.1. The molecule has 0 aliphatic rings. The first-order valence-electron chi connectivity index (χ1n) is 30.4. The molecule has 0 aromatic rings. The van der Waals surface area contributed by atoms with Gasteiger partial charge in [-0.2, -0.15) is 0 Å². The molecule has 0 unspecified atom stereocenters. The summed E-state index contributed by atoms with van der Waals surface area (Å²) in [4.78, 5) is 31.0. The highest BCUT2D eigenvalue weighted by atomic mass is 16.4. The van der Waals surface area contributed by atoms with Crippen LogP contribution >= 0.6 is 0 Å².